The van der Waals surface area contributed by atoms with Crippen LogP contribution in [0.4, 0.5) is 0 Å². The van der Waals surface area contributed by atoms with E-state index < -0.39 is 0 Å². The van der Waals surface area contributed by atoms with Crippen molar-refractivity contribution in [2.75, 3.05) is 13.1 Å². The van der Waals surface area contributed by atoms with E-state index in [9.17, 15) is 0 Å². The molecule has 0 aromatic carbocycles. The number of likely N-dealkylation sites (tertiary alicyclic amines) is 1. The molecule has 1 aliphatic heterocycles. The van der Waals surface area contributed by atoms with Gasteiger partial charge in [-0.1, -0.05) is 26.7 Å². The lowest BCUT2D eigenvalue weighted by Gasteiger charge is -2.37. The molecule has 2 aliphatic rings. The van der Waals surface area contributed by atoms with Gasteiger partial charge in [-0.2, -0.15) is 0 Å². The van der Waals surface area contributed by atoms with Gasteiger partial charge in [0, 0.05) is 18.1 Å². The fourth-order valence-electron chi connectivity index (χ4n) is 4.27. The molecule has 1 N–H and O–H groups in total. The van der Waals surface area contributed by atoms with Gasteiger partial charge in [-0.3, -0.25) is 0 Å². The Labute approximate surface area is 126 Å². The minimum atomic E-state index is 0.715. The molecule has 118 valence electrons. The van der Waals surface area contributed by atoms with E-state index in [1.54, 1.807) is 0 Å². The van der Waals surface area contributed by atoms with Crippen molar-refractivity contribution in [3.63, 3.8) is 0 Å². The number of nitrogens with one attached hydrogen (secondary N) is 1. The Morgan fingerprint density at radius 1 is 0.850 bits per heavy atom. The number of hydrogen-bond donors (Lipinski definition) is 1. The van der Waals surface area contributed by atoms with E-state index in [0.717, 1.165) is 23.9 Å². The van der Waals surface area contributed by atoms with Crippen molar-refractivity contribution in [1.82, 2.24) is 10.2 Å². The molecule has 2 heteroatoms. The maximum atomic E-state index is 4.06. The predicted molar refractivity (Wildman–Crippen MR) is 88.1 cm³/mol. The molecule has 1 aliphatic carbocycles. The van der Waals surface area contributed by atoms with Gasteiger partial charge in [0.05, 0.1) is 0 Å². The summed E-state index contributed by atoms with van der Waals surface area (Å²) < 4.78 is 0. The second-order valence-corrected chi connectivity index (χ2v) is 7.72. The van der Waals surface area contributed by atoms with Gasteiger partial charge < -0.3 is 10.2 Å². The summed E-state index contributed by atoms with van der Waals surface area (Å²) in [4.78, 5) is 2.66. The Balaban J connectivity index is 1.85. The summed E-state index contributed by atoms with van der Waals surface area (Å²) in [5, 5.41) is 4.06. The molecule has 0 radical (unpaired) electrons. The molecule has 0 aromatic rings. The van der Waals surface area contributed by atoms with Crippen LogP contribution in [0.25, 0.3) is 0 Å². The molecule has 0 aromatic heterocycles. The van der Waals surface area contributed by atoms with Gasteiger partial charge in [0.2, 0.25) is 0 Å². The van der Waals surface area contributed by atoms with Crippen molar-refractivity contribution in [3.05, 3.63) is 0 Å². The summed E-state index contributed by atoms with van der Waals surface area (Å²) in [6, 6.07) is 2.27. The lowest BCUT2D eigenvalue weighted by Crippen LogP contribution is -2.46. The van der Waals surface area contributed by atoms with Crippen LogP contribution in [0.15, 0.2) is 0 Å². The normalized spacial score (nSPS) is 33.6. The van der Waals surface area contributed by atoms with Gasteiger partial charge in [-0.15, -0.1) is 0 Å². The van der Waals surface area contributed by atoms with Crippen molar-refractivity contribution in [3.8, 4) is 0 Å². The van der Waals surface area contributed by atoms with Crippen LogP contribution in [0, 0.1) is 11.8 Å². The summed E-state index contributed by atoms with van der Waals surface area (Å²) in [7, 11) is 0. The maximum absolute atomic E-state index is 4.06. The molecule has 2 nitrogen and oxygen atoms in total. The minimum Gasteiger partial charge on any atom is -0.311 e. The highest BCUT2D eigenvalue weighted by Gasteiger charge is 2.29. The molecule has 1 saturated carbocycles. The fourth-order valence-corrected chi connectivity index (χ4v) is 4.27. The van der Waals surface area contributed by atoms with Gasteiger partial charge in [0.25, 0.3) is 0 Å². The Morgan fingerprint density at radius 3 is 2.30 bits per heavy atom. The molecule has 2 rings (SSSR count). The van der Waals surface area contributed by atoms with Crippen LogP contribution < -0.4 is 5.32 Å². The van der Waals surface area contributed by atoms with E-state index in [1.807, 2.05) is 0 Å². The molecule has 0 bridgehead atoms. The Kier molecular flexibility index (Phi) is 6.35. The van der Waals surface area contributed by atoms with Crippen molar-refractivity contribution >= 4 is 0 Å². The summed E-state index contributed by atoms with van der Waals surface area (Å²) in [6.07, 6.45) is 9.84. The smallest absolute Gasteiger partial charge is 0.0100 e. The van der Waals surface area contributed by atoms with Gasteiger partial charge in [-0.05, 0) is 70.9 Å². The summed E-state index contributed by atoms with van der Waals surface area (Å²) >= 11 is 0. The van der Waals surface area contributed by atoms with Crippen molar-refractivity contribution in [1.29, 1.82) is 0 Å². The van der Waals surface area contributed by atoms with Gasteiger partial charge in [0.15, 0.2) is 0 Å². The molecule has 20 heavy (non-hydrogen) atoms. The maximum Gasteiger partial charge on any atom is 0.0100 e. The van der Waals surface area contributed by atoms with Crippen LogP contribution in [0.2, 0.25) is 0 Å². The van der Waals surface area contributed by atoms with Gasteiger partial charge >= 0.3 is 0 Å². The van der Waals surface area contributed by atoms with Crippen LogP contribution in [0.3, 0.4) is 0 Å². The van der Waals surface area contributed by atoms with Crippen molar-refractivity contribution < 1.29 is 0 Å². The third kappa shape index (κ3) is 4.46. The SMILES string of the molecule is CC(C)C1CCCCC1NC1CCCN(C(C)C)CC1. The quantitative estimate of drug-likeness (QED) is 0.835. The molecule has 1 saturated heterocycles. The van der Waals surface area contributed by atoms with Crippen LogP contribution in [0.1, 0.15) is 72.6 Å². The summed E-state index contributed by atoms with van der Waals surface area (Å²) in [5.74, 6) is 1.75. The highest BCUT2D eigenvalue weighted by Crippen LogP contribution is 2.31. The van der Waals surface area contributed by atoms with Crippen LogP contribution >= 0.6 is 0 Å². The zero-order chi connectivity index (χ0) is 14.5. The Bertz CT molecular complexity index is 275. The zero-order valence-corrected chi connectivity index (χ0v) is 14.2. The lowest BCUT2D eigenvalue weighted by atomic mass is 9.77. The second kappa shape index (κ2) is 7.79. The van der Waals surface area contributed by atoms with E-state index in [1.165, 1.54) is 58.0 Å². The number of hydrogen-bond acceptors (Lipinski definition) is 2. The number of rotatable bonds is 4. The molecule has 1 heterocycles. The van der Waals surface area contributed by atoms with Crippen molar-refractivity contribution in [2.45, 2.75) is 90.8 Å². The highest BCUT2D eigenvalue weighted by atomic mass is 15.2. The topological polar surface area (TPSA) is 15.3 Å². The van der Waals surface area contributed by atoms with E-state index >= 15 is 0 Å². The molecule has 3 atom stereocenters. The standard InChI is InChI=1S/C18H36N2/c1-14(2)17-9-5-6-10-18(17)19-16-8-7-12-20(13-11-16)15(3)4/h14-19H,5-13H2,1-4H3. The summed E-state index contributed by atoms with van der Waals surface area (Å²) in [5.41, 5.74) is 0. The molecular weight excluding hydrogens is 244 g/mol. The van der Waals surface area contributed by atoms with Gasteiger partial charge in [0.1, 0.15) is 0 Å². The third-order valence-corrected chi connectivity index (χ3v) is 5.62. The third-order valence-electron chi connectivity index (χ3n) is 5.62. The first-order chi connectivity index (χ1) is 9.58. The molecule has 0 spiro atoms. The van der Waals surface area contributed by atoms with E-state index in [2.05, 4.69) is 37.9 Å². The average molecular weight is 281 g/mol. The molecular formula is C18H36N2. The van der Waals surface area contributed by atoms with Gasteiger partial charge in [-0.25, -0.2) is 0 Å². The fraction of sp³-hybridized carbons (Fsp3) is 1.00. The predicted octanol–water partition coefficient (Wildman–Crippen LogP) is 4.05. The first-order valence-corrected chi connectivity index (χ1v) is 9.08. The van der Waals surface area contributed by atoms with E-state index in [4.69, 9.17) is 0 Å². The Morgan fingerprint density at radius 2 is 1.60 bits per heavy atom. The molecule has 0 amide bonds. The van der Waals surface area contributed by atoms with Crippen LogP contribution in [-0.2, 0) is 0 Å². The molecule has 2 fully saturated rings. The van der Waals surface area contributed by atoms with Crippen LogP contribution in [-0.4, -0.2) is 36.1 Å². The van der Waals surface area contributed by atoms with Crippen molar-refractivity contribution in [2.24, 2.45) is 11.8 Å². The number of nitrogens with zero attached hydrogens (tertiary/aromatic N) is 1. The molecule has 3 unspecified atom stereocenters. The Hall–Kier alpha value is -0.0800. The highest BCUT2D eigenvalue weighted by molar-refractivity contribution is 4.87. The van der Waals surface area contributed by atoms with Crippen LogP contribution in [0.5, 0.6) is 0 Å². The first-order valence-electron chi connectivity index (χ1n) is 9.08. The summed E-state index contributed by atoms with van der Waals surface area (Å²) in [6.45, 7) is 12.1. The zero-order valence-electron chi connectivity index (χ0n) is 14.2. The monoisotopic (exact) mass is 280 g/mol. The second-order valence-electron chi connectivity index (χ2n) is 7.72. The first kappa shape index (κ1) is 16.3. The average Bonchev–Trinajstić information content (AvgIpc) is 2.65. The van der Waals surface area contributed by atoms with E-state index in [0.29, 0.717) is 6.04 Å². The largest absolute Gasteiger partial charge is 0.311 e. The minimum absolute atomic E-state index is 0.715. The lowest BCUT2D eigenvalue weighted by molar-refractivity contribution is 0.184. The van der Waals surface area contributed by atoms with E-state index in [-0.39, 0.29) is 0 Å².